The fourth-order valence-corrected chi connectivity index (χ4v) is 3.64. The summed E-state index contributed by atoms with van der Waals surface area (Å²) in [5.74, 6) is -0.983. The Bertz CT molecular complexity index is 566. The minimum atomic E-state index is -3.42. The van der Waals surface area contributed by atoms with E-state index in [-0.39, 0.29) is 17.2 Å². The first-order valence-electron chi connectivity index (χ1n) is 6.56. The molecule has 20 heavy (non-hydrogen) atoms. The van der Waals surface area contributed by atoms with Crippen molar-refractivity contribution in [1.29, 1.82) is 0 Å². The van der Waals surface area contributed by atoms with Crippen LogP contribution in [-0.2, 0) is 15.8 Å². The molecule has 0 aliphatic carbocycles. The Kier molecular flexibility index (Phi) is 5.71. The van der Waals surface area contributed by atoms with Gasteiger partial charge in [-0.2, -0.15) is 0 Å². The minimum Gasteiger partial charge on any atom is -0.478 e. The van der Waals surface area contributed by atoms with Crippen LogP contribution in [0.1, 0.15) is 36.7 Å². The summed E-state index contributed by atoms with van der Waals surface area (Å²) >= 11 is 0. The molecule has 112 valence electrons. The predicted octanol–water partition coefficient (Wildman–Crippen LogP) is 2.19. The van der Waals surface area contributed by atoms with Gasteiger partial charge in [0, 0.05) is 13.1 Å². The lowest BCUT2D eigenvalue weighted by molar-refractivity contribution is 0.0696. The average molecular weight is 299 g/mol. The lowest BCUT2D eigenvalue weighted by Crippen LogP contribution is -2.34. The van der Waals surface area contributed by atoms with Crippen LogP contribution in [0.25, 0.3) is 0 Å². The number of hydrogen-bond acceptors (Lipinski definition) is 3. The Morgan fingerprint density at radius 2 is 2.00 bits per heavy atom. The molecule has 0 atom stereocenters. The van der Waals surface area contributed by atoms with Crippen LogP contribution in [0.2, 0.25) is 0 Å². The first kappa shape index (κ1) is 16.7. The second-order valence-electron chi connectivity index (χ2n) is 5.11. The van der Waals surface area contributed by atoms with Gasteiger partial charge in [-0.15, -0.1) is 0 Å². The summed E-state index contributed by atoms with van der Waals surface area (Å²) in [6.07, 6.45) is 0. The molecule has 0 bridgehead atoms. The highest BCUT2D eigenvalue weighted by Gasteiger charge is 2.22. The topological polar surface area (TPSA) is 74.7 Å². The van der Waals surface area contributed by atoms with Crippen LogP contribution in [-0.4, -0.2) is 36.9 Å². The molecule has 0 aliphatic rings. The van der Waals surface area contributed by atoms with E-state index in [1.54, 1.807) is 19.1 Å². The molecule has 1 rings (SSSR count). The van der Waals surface area contributed by atoms with E-state index >= 15 is 0 Å². The monoisotopic (exact) mass is 299 g/mol. The summed E-state index contributed by atoms with van der Waals surface area (Å²) < 4.78 is 26.1. The van der Waals surface area contributed by atoms with Crippen molar-refractivity contribution in [2.45, 2.75) is 26.5 Å². The third-order valence-electron chi connectivity index (χ3n) is 2.84. The van der Waals surface area contributed by atoms with Crippen molar-refractivity contribution >= 4 is 16.0 Å². The molecule has 6 heteroatoms. The Labute approximate surface area is 120 Å². The zero-order valence-corrected chi connectivity index (χ0v) is 12.9. The van der Waals surface area contributed by atoms with Crippen LogP contribution < -0.4 is 0 Å². The zero-order chi connectivity index (χ0) is 15.3. The van der Waals surface area contributed by atoms with Gasteiger partial charge in [0.1, 0.15) is 0 Å². The SMILES string of the molecule is CCN(CC(C)C)S(=O)(=O)Cc1cccc(C(=O)O)c1. The summed E-state index contributed by atoms with van der Waals surface area (Å²) in [6.45, 7) is 6.61. The van der Waals surface area contributed by atoms with Crippen LogP contribution in [0.5, 0.6) is 0 Å². The standard InChI is InChI=1S/C14H21NO4S/c1-4-15(9-11(2)3)20(18,19)10-12-6-5-7-13(8-12)14(16)17/h5-8,11H,4,9-10H2,1-3H3,(H,16,17). The fourth-order valence-electron chi connectivity index (χ4n) is 1.94. The second-order valence-corrected chi connectivity index (χ2v) is 7.08. The van der Waals surface area contributed by atoms with Gasteiger partial charge in [-0.3, -0.25) is 0 Å². The molecule has 0 unspecified atom stereocenters. The molecule has 0 spiro atoms. The molecule has 0 aliphatic heterocycles. The van der Waals surface area contributed by atoms with Gasteiger partial charge in [0.15, 0.2) is 0 Å². The van der Waals surface area contributed by atoms with Crippen LogP contribution in [0, 0.1) is 5.92 Å². The number of hydrogen-bond donors (Lipinski definition) is 1. The molecular weight excluding hydrogens is 278 g/mol. The minimum absolute atomic E-state index is 0.101. The van der Waals surface area contributed by atoms with Crippen molar-refractivity contribution in [3.63, 3.8) is 0 Å². The van der Waals surface area contributed by atoms with Crippen LogP contribution in [0.15, 0.2) is 24.3 Å². The number of aromatic carboxylic acids is 1. The summed E-state index contributed by atoms with van der Waals surface area (Å²) in [5, 5.41) is 8.92. The fraction of sp³-hybridized carbons (Fsp3) is 0.500. The van der Waals surface area contributed by atoms with E-state index in [2.05, 4.69) is 0 Å². The van der Waals surface area contributed by atoms with Gasteiger partial charge < -0.3 is 5.11 Å². The Balaban J connectivity index is 2.95. The quantitative estimate of drug-likeness (QED) is 0.837. The van der Waals surface area contributed by atoms with E-state index in [4.69, 9.17) is 5.11 Å². The number of nitrogens with zero attached hydrogens (tertiary/aromatic N) is 1. The van der Waals surface area contributed by atoms with E-state index in [0.29, 0.717) is 18.7 Å². The third kappa shape index (κ3) is 4.61. The number of carboxylic acids is 1. The average Bonchev–Trinajstić information content (AvgIpc) is 2.35. The maximum absolute atomic E-state index is 12.3. The highest BCUT2D eigenvalue weighted by atomic mass is 32.2. The van der Waals surface area contributed by atoms with Crippen LogP contribution >= 0.6 is 0 Å². The largest absolute Gasteiger partial charge is 0.478 e. The van der Waals surface area contributed by atoms with Crippen molar-refractivity contribution in [2.24, 2.45) is 5.92 Å². The molecule has 0 aromatic heterocycles. The summed E-state index contributed by atoms with van der Waals surface area (Å²) in [5.41, 5.74) is 0.594. The van der Waals surface area contributed by atoms with Gasteiger partial charge in [-0.05, 0) is 23.6 Å². The normalized spacial score (nSPS) is 12.1. The number of carbonyl (C=O) groups is 1. The van der Waals surface area contributed by atoms with Crippen LogP contribution in [0.4, 0.5) is 0 Å². The van der Waals surface area contributed by atoms with Crippen LogP contribution in [0.3, 0.4) is 0 Å². The number of carboxylic acid groups (broad SMARTS) is 1. The number of benzene rings is 1. The molecule has 0 amide bonds. The Morgan fingerprint density at radius 3 is 2.50 bits per heavy atom. The van der Waals surface area contributed by atoms with Gasteiger partial charge in [0.05, 0.1) is 11.3 Å². The predicted molar refractivity (Wildman–Crippen MR) is 78.1 cm³/mol. The molecule has 0 radical (unpaired) electrons. The molecule has 1 aromatic rings. The van der Waals surface area contributed by atoms with Crippen molar-refractivity contribution < 1.29 is 18.3 Å². The summed E-state index contributed by atoms with van der Waals surface area (Å²) in [6, 6.07) is 6.05. The second kappa shape index (κ2) is 6.85. The third-order valence-corrected chi connectivity index (χ3v) is 4.73. The number of sulfonamides is 1. The Hall–Kier alpha value is -1.40. The first-order valence-corrected chi connectivity index (χ1v) is 8.17. The molecular formula is C14H21NO4S. The summed E-state index contributed by atoms with van der Waals surface area (Å²) in [7, 11) is -3.42. The van der Waals surface area contributed by atoms with Crippen molar-refractivity contribution in [1.82, 2.24) is 4.31 Å². The van der Waals surface area contributed by atoms with Crippen molar-refractivity contribution in [2.75, 3.05) is 13.1 Å². The zero-order valence-electron chi connectivity index (χ0n) is 12.0. The van der Waals surface area contributed by atoms with Gasteiger partial charge in [-0.25, -0.2) is 17.5 Å². The molecule has 1 aromatic carbocycles. The highest BCUT2D eigenvalue weighted by molar-refractivity contribution is 7.88. The van der Waals surface area contributed by atoms with E-state index in [9.17, 15) is 13.2 Å². The first-order chi connectivity index (χ1) is 9.26. The van der Waals surface area contributed by atoms with E-state index in [1.807, 2.05) is 13.8 Å². The lowest BCUT2D eigenvalue weighted by Gasteiger charge is -2.22. The van der Waals surface area contributed by atoms with Crippen molar-refractivity contribution in [3.05, 3.63) is 35.4 Å². The molecule has 0 fully saturated rings. The lowest BCUT2D eigenvalue weighted by atomic mass is 10.1. The molecule has 0 saturated carbocycles. The van der Waals surface area contributed by atoms with Gasteiger partial charge in [-0.1, -0.05) is 32.9 Å². The van der Waals surface area contributed by atoms with E-state index in [1.165, 1.54) is 16.4 Å². The highest BCUT2D eigenvalue weighted by Crippen LogP contribution is 2.14. The molecule has 5 nitrogen and oxygen atoms in total. The van der Waals surface area contributed by atoms with Gasteiger partial charge in [0.2, 0.25) is 10.0 Å². The Morgan fingerprint density at radius 1 is 1.35 bits per heavy atom. The maximum Gasteiger partial charge on any atom is 0.335 e. The molecule has 0 heterocycles. The smallest absolute Gasteiger partial charge is 0.335 e. The molecule has 0 saturated heterocycles. The van der Waals surface area contributed by atoms with Gasteiger partial charge >= 0.3 is 5.97 Å². The van der Waals surface area contributed by atoms with E-state index in [0.717, 1.165) is 0 Å². The summed E-state index contributed by atoms with van der Waals surface area (Å²) in [4.78, 5) is 10.9. The van der Waals surface area contributed by atoms with Crippen molar-refractivity contribution in [3.8, 4) is 0 Å². The van der Waals surface area contributed by atoms with Gasteiger partial charge in [0.25, 0.3) is 0 Å². The number of rotatable bonds is 7. The maximum atomic E-state index is 12.3. The van der Waals surface area contributed by atoms with E-state index < -0.39 is 16.0 Å². The molecule has 1 N–H and O–H groups in total.